The molecule has 0 aliphatic rings. The number of nitrogens with zero attached hydrogens (tertiary/aromatic N) is 8. The number of aryl methyl sites for hydroxylation is 1. The van der Waals surface area contributed by atoms with E-state index in [4.69, 9.17) is 9.72 Å². The van der Waals surface area contributed by atoms with Crippen molar-refractivity contribution in [3.63, 3.8) is 0 Å². The molecular formula is C30H35N9O2. The average Bonchev–Trinajstić information content (AvgIpc) is 3.53. The molecule has 4 rings (SSSR count). The first kappa shape index (κ1) is 29.2. The molecule has 212 valence electrons. The molecule has 4 aromatic rings. The topological polar surface area (TPSA) is 129 Å². The Morgan fingerprint density at radius 3 is 2.71 bits per heavy atom. The van der Waals surface area contributed by atoms with Gasteiger partial charge in [-0.2, -0.15) is 10.4 Å². The number of hydrogen-bond donors (Lipinski definition) is 2. The Labute approximate surface area is 239 Å². The Balaban J connectivity index is 1.81. The number of nitriles is 1. The highest BCUT2D eigenvalue weighted by Crippen LogP contribution is 2.33. The second kappa shape index (κ2) is 12.6. The molecule has 41 heavy (non-hydrogen) atoms. The summed E-state index contributed by atoms with van der Waals surface area (Å²) in [6.07, 6.45) is 4.73. The van der Waals surface area contributed by atoms with E-state index in [1.54, 1.807) is 24.0 Å². The average molecular weight is 554 g/mol. The molecule has 3 aromatic heterocycles. The number of nitrogens with one attached hydrogen (secondary N) is 1. The van der Waals surface area contributed by atoms with Gasteiger partial charge in [-0.3, -0.25) is 9.56 Å². The molecule has 1 atom stereocenters. The number of anilines is 1. The fraction of sp³-hybridized carbons (Fsp3) is 0.300. The minimum Gasteiger partial charge on any atom is -0.490 e. The number of fused-ring (bicyclic) bond motifs is 1. The van der Waals surface area contributed by atoms with Gasteiger partial charge in [0.05, 0.1) is 22.8 Å². The van der Waals surface area contributed by atoms with Crippen molar-refractivity contribution in [1.29, 1.82) is 5.26 Å². The van der Waals surface area contributed by atoms with Crippen LogP contribution in [0.15, 0.2) is 65.2 Å². The Morgan fingerprint density at radius 1 is 1.27 bits per heavy atom. The molecule has 11 heteroatoms. The van der Waals surface area contributed by atoms with E-state index in [1.165, 1.54) is 0 Å². The van der Waals surface area contributed by atoms with Gasteiger partial charge in [0.15, 0.2) is 11.5 Å². The van der Waals surface area contributed by atoms with Crippen molar-refractivity contribution in [2.75, 3.05) is 32.6 Å². The van der Waals surface area contributed by atoms with Crippen LogP contribution in [0.1, 0.15) is 43.8 Å². The van der Waals surface area contributed by atoms with Crippen LogP contribution in [0.25, 0.3) is 22.7 Å². The smallest absolute Gasteiger partial charge is 0.163 e. The quantitative estimate of drug-likeness (QED) is 0.202. The zero-order chi connectivity index (χ0) is 29.7. The third-order valence-electron chi connectivity index (χ3n) is 6.39. The second-order valence-corrected chi connectivity index (χ2v) is 10.00. The summed E-state index contributed by atoms with van der Waals surface area (Å²) >= 11 is 0. The van der Waals surface area contributed by atoms with Gasteiger partial charge in [-0.15, -0.1) is 0 Å². The maximum atomic E-state index is 10.4. The molecule has 0 radical (unpaired) electrons. The molecule has 0 spiro atoms. The Kier molecular flexibility index (Phi) is 8.97. The van der Waals surface area contributed by atoms with E-state index in [1.807, 2.05) is 75.9 Å². The van der Waals surface area contributed by atoms with E-state index in [9.17, 15) is 10.4 Å². The molecule has 2 N–H and O–H groups in total. The van der Waals surface area contributed by atoms with Crippen molar-refractivity contribution >= 4 is 23.4 Å². The molecule has 11 nitrogen and oxygen atoms in total. The van der Waals surface area contributed by atoms with Crippen LogP contribution in [0.2, 0.25) is 0 Å². The number of hydrogen-bond acceptors (Lipinski definition) is 9. The van der Waals surface area contributed by atoms with Crippen LogP contribution < -0.4 is 10.1 Å². The summed E-state index contributed by atoms with van der Waals surface area (Å²) in [5.41, 5.74) is 5.61. The molecule has 0 aliphatic heterocycles. The number of benzene rings is 1. The lowest BCUT2D eigenvalue weighted by molar-refractivity contribution is 0.198. The number of rotatable bonds is 11. The molecule has 0 aliphatic carbocycles. The first-order valence-corrected chi connectivity index (χ1v) is 13.1. The fourth-order valence-electron chi connectivity index (χ4n) is 4.15. The van der Waals surface area contributed by atoms with Crippen LogP contribution in [0.3, 0.4) is 0 Å². The minimum absolute atomic E-state index is 0.273. The number of ether oxygens (including phenoxy) is 1. The van der Waals surface area contributed by atoms with Crippen LogP contribution >= 0.6 is 0 Å². The van der Waals surface area contributed by atoms with Crippen LogP contribution in [-0.4, -0.2) is 68.3 Å². The van der Waals surface area contributed by atoms with Gasteiger partial charge >= 0.3 is 0 Å². The highest BCUT2D eigenvalue weighted by molar-refractivity contribution is 5.85. The van der Waals surface area contributed by atoms with Gasteiger partial charge in [-0.05, 0) is 84.9 Å². The first-order valence-electron chi connectivity index (χ1n) is 13.1. The van der Waals surface area contributed by atoms with E-state index < -0.39 is 6.10 Å². The van der Waals surface area contributed by atoms with Crippen molar-refractivity contribution in [2.24, 2.45) is 4.99 Å². The summed E-state index contributed by atoms with van der Waals surface area (Å²) in [5.74, 6) is 1.69. The number of aliphatic imine (C=N–C) groups is 1. The van der Waals surface area contributed by atoms with E-state index in [0.717, 1.165) is 40.4 Å². The standard InChI is InChI=1S/C30H35N9O2/c1-19(32-5)8-9-20(2)34-26-15-25-27(16-28(26)41-13-12-37(6)7)38(18-33-25)29-11-10-24(22(4)40)30(35-29)39-21(3)14-23(17-31)36-39/h8-11,14-16,18,22,34,40H,5,12-13H2,1-4,6-7H3/b19-8-,20-9+. The molecule has 1 unspecified atom stereocenters. The van der Waals surface area contributed by atoms with Crippen molar-refractivity contribution in [1.82, 2.24) is 29.2 Å². The van der Waals surface area contributed by atoms with Crippen molar-refractivity contribution in [2.45, 2.75) is 33.8 Å². The van der Waals surface area contributed by atoms with Gasteiger partial charge in [0.25, 0.3) is 0 Å². The van der Waals surface area contributed by atoms with Gasteiger partial charge in [0, 0.05) is 35.3 Å². The van der Waals surface area contributed by atoms with Crippen LogP contribution in [0.4, 0.5) is 5.69 Å². The van der Waals surface area contributed by atoms with Crippen molar-refractivity contribution in [3.8, 4) is 23.5 Å². The molecule has 0 saturated carbocycles. The van der Waals surface area contributed by atoms with Gasteiger partial charge < -0.3 is 20.1 Å². The monoisotopic (exact) mass is 553 g/mol. The van der Waals surface area contributed by atoms with Crippen molar-refractivity contribution < 1.29 is 9.84 Å². The molecule has 0 fully saturated rings. The summed E-state index contributed by atoms with van der Waals surface area (Å²) in [4.78, 5) is 15.5. The summed E-state index contributed by atoms with van der Waals surface area (Å²) < 4.78 is 9.66. The molecule has 0 amide bonds. The number of aliphatic hydroxyl groups excluding tert-OH is 1. The van der Waals surface area contributed by atoms with Gasteiger partial charge in [0.2, 0.25) is 0 Å². The number of allylic oxidation sites excluding steroid dienone is 4. The summed E-state index contributed by atoms with van der Waals surface area (Å²) in [7, 11) is 3.99. The molecule has 3 heterocycles. The van der Waals surface area contributed by atoms with Crippen molar-refractivity contribution in [3.05, 3.63) is 77.2 Å². The number of pyridine rings is 1. The van der Waals surface area contributed by atoms with Gasteiger partial charge in [-0.1, -0.05) is 0 Å². The number of aliphatic hydroxyl groups is 1. The lowest BCUT2D eigenvalue weighted by Gasteiger charge is -2.17. The van der Waals surface area contributed by atoms with Crippen LogP contribution in [0.5, 0.6) is 5.75 Å². The normalized spacial score (nSPS) is 13.0. The second-order valence-electron chi connectivity index (χ2n) is 10.00. The zero-order valence-electron chi connectivity index (χ0n) is 24.3. The van der Waals surface area contributed by atoms with E-state index in [-0.39, 0.29) is 5.69 Å². The molecule has 1 aromatic carbocycles. The minimum atomic E-state index is -0.789. The zero-order valence-corrected chi connectivity index (χ0v) is 24.3. The third kappa shape index (κ3) is 6.69. The highest BCUT2D eigenvalue weighted by Gasteiger charge is 2.18. The first-order chi connectivity index (χ1) is 19.6. The van der Waals surface area contributed by atoms with Gasteiger partial charge in [-0.25, -0.2) is 14.6 Å². The summed E-state index contributed by atoms with van der Waals surface area (Å²) in [6, 6.07) is 11.3. The van der Waals surface area contributed by atoms with Gasteiger partial charge in [0.1, 0.15) is 30.6 Å². The molecule has 0 saturated heterocycles. The van der Waals surface area contributed by atoms with E-state index in [2.05, 4.69) is 38.1 Å². The Bertz CT molecular complexity index is 1670. The lowest BCUT2D eigenvalue weighted by atomic mass is 10.1. The van der Waals surface area contributed by atoms with Crippen LogP contribution in [-0.2, 0) is 0 Å². The Hall–Kier alpha value is -4.79. The maximum absolute atomic E-state index is 10.4. The third-order valence-corrected chi connectivity index (χ3v) is 6.39. The maximum Gasteiger partial charge on any atom is 0.163 e. The number of imidazole rings is 1. The van der Waals surface area contributed by atoms with E-state index >= 15 is 0 Å². The predicted molar refractivity (Wildman–Crippen MR) is 161 cm³/mol. The molecular weight excluding hydrogens is 518 g/mol. The largest absolute Gasteiger partial charge is 0.490 e. The highest BCUT2D eigenvalue weighted by atomic mass is 16.5. The predicted octanol–water partition coefficient (Wildman–Crippen LogP) is 4.70. The fourth-order valence-corrected chi connectivity index (χ4v) is 4.15. The summed E-state index contributed by atoms with van der Waals surface area (Å²) in [5, 5.41) is 27.6. The Morgan fingerprint density at radius 2 is 2.05 bits per heavy atom. The molecule has 0 bridgehead atoms. The SMILES string of the molecule is C=N/C(C)=C\C=C(/C)Nc1cc2ncn(-c3ccc(C(C)O)c(-n4nc(C#N)cc4C)n3)c2cc1OCCN(C)C. The lowest BCUT2D eigenvalue weighted by Crippen LogP contribution is -2.19. The summed E-state index contributed by atoms with van der Waals surface area (Å²) in [6.45, 7) is 12.2. The van der Waals surface area contributed by atoms with E-state index in [0.29, 0.717) is 29.6 Å². The number of likely N-dealkylation sites (N-methyl/N-ethyl adjacent to an activating group) is 1. The number of aromatic nitrogens is 5. The van der Waals surface area contributed by atoms with Crippen LogP contribution in [0, 0.1) is 18.3 Å².